The lowest BCUT2D eigenvalue weighted by Crippen LogP contribution is -2.22. The number of aromatic nitrogens is 2. The summed E-state index contributed by atoms with van der Waals surface area (Å²) in [5, 5.41) is 12.9. The van der Waals surface area contributed by atoms with Crippen molar-refractivity contribution in [3.05, 3.63) is 63.6 Å². The van der Waals surface area contributed by atoms with Gasteiger partial charge in [0, 0.05) is 11.6 Å². The van der Waals surface area contributed by atoms with Crippen molar-refractivity contribution in [3.8, 4) is 11.8 Å². The van der Waals surface area contributed by atoms with Crippen molar-refractivity contribution in [2.45, 2.75) is 13.5 Å². The van der Waals surface area contributed by atoms with Crippen molar-refractivity contribution in [3.63, 3.8) is 0 Å². The lowest BCUT2D eigenvalue weighted by atomic mass is 10.1. The number of aryl methyl sites for hydroxylation is 1. The van der Waals surface area contributed by atoms with Crippen molar-refractivity contribution in [2.75, 3.05) is 6.61 Å². The van der Waals surface area contributed by atoms with E-state index in [4.69, 9.17) is 5.11 Å². The smallest absolute Gasteiger partial charge is 0.267 e. The van der Waals surface area contributed by atoms with Crippen molar-refractivity contribution < 1.29 is 5.11 Å². The van der Waals surface area contributed by atoms with Crippen LogP contribution in [0.2, 0.25) is 0 Å². The zero-order valence-corrected chi connectivity index (χ0v) is 10.6. The lowest BCUT2D eigenvalue weighted by molar-refractivity contribution is 0.350. The number of benzene rings is 1. The van der Waals surface area contributed by atoms with Gasteiger partial charge in [0.15, 0.2) is 0 Å². The summed E-state index contributed by atoms with van der Waals surface area (Å²) in [6, 6.07) is 10.7. The van der Waals surface area contributed by atoms with E-state index in [1.165, 1.54) is 10.7 Å². The Bertz CT molecular complexity index is 693. The number of nitrogens with zero attached hydrogens (tertiary/aromatic N) is 2. The highest BCUT2D eigenvalue weighted by Crippen LogP contribution is 2.05. The largest absolute Gasteiger partial charge is 0.384 e. The molecule has 4 nitrogen and oxygen atoms in total. The van der Waals surface area contributed by atoms with Crippen LogP contribution in [0.25, 0.3) is 0 Å². The Kier molecular flexibility index (Phi) is 4.11. The molecule has 0 saturated carbocycles. The molecule has 2 aromatic rings. The average Bonchev–Trinajstić information content (AvgIpc) is 2.41. The van der Waals surface area contributed by atoms with Crippen molar-refractivity contribution in [1.29, 1.82) is 0 Å². The van der Waals surface area contributed by atoms with Crippen LogP contribution in [-0.4, -0.2) is 21.5 Å². The Morgan fingerprint density at radius 1 is 1.32 bits per heavy atom. The molecule has 0 saturated heterocycles. The molecule has 0 amide bonds. The van der Waals surface area contributed by atoms with E-state index in [0.717, 1.165) is 16.8 Å². The quantitative estimate of drug-likeness (QED) is 0.812. The summed E-state index contributed by atoms with van der Waals surface area (Å²) < 4.78 is 1.42. The number of rotatable bonds is 2. The summed E-state index contributed by atoms with van der Waals surface area (Å²) in [5.41, 5.74) is 2.44. The molecule has 0 aliphatic carbocycles. The molecule has 0 aliphatic heterocycles. The zero-order chi connectivity index (χ0) is 13.7. The molecule has 0 atom stereocenters. The normalized spacial score (nSPS) is 9.79. The molecular weight excluding hydrogens is 240 g/mol. The predicted octanol–water partition coefficient (Wildman–Crippen LogP) is 0.944. The second-order valence-electron chi connectivity index (χ2n) is 4.13. The molecular formula is C15H14N2O2. The summed E-state index contributed by atoms with van der Waals surface area (Å²) in [7, 11) is 0. The highest BCUT2D eigenvalue weighted by molar-refractivity contribution is 5.37. The van der Waals surface area contributed by atoms with Crippen LogP contribution >= 0.6 is 0 Å². The van der Waals surface area contributed by atoms with Crippen LogP contribution in [-0.2, 0) is 6.54 Å². The van der Waals surface area contributed by atoms with Gasteiger partial charge in [-0.2, -0.15) is 5.10 Å². The van der Waals surface area contributed by atoms with Crippen LogP contribution in [0, 0.1) is 18.8 Å². The minimum absolute atomic E-state index is 0.127. The fourth-order valence-electron chi connectivity index (χ4n) is 1.73. The molecule has 0 spiro atoms. The van der Waals surface area contributed by atoms with Crippen LogP contribution in [0.1, 0.15) is 16.8 Å². The molecule has 4 heteroatoms. The standard InChI is InChI=1S/C15H14N2O2/c1-12-7-8-15(19)17(16-12)11-14-5-2-4-13(10-14)6-3-9-18/h2,4-5,7-8,10,18H,9,11H2,1H3. The first kappa shape index (κ1) is 13.1. The first-order valence-electron chi connectivity index (χ1n) is 5.92. The van der Waals surface area contributed by atoms with Gasteiger partial charge in [-0.1, -0.05) is 24.0 Å². The van der Waals surface area contributed by atoms with Gasteiger partial charge in [-0.3, -0.25) is 4.79 Å². The summed E-state index contributed by atoms with van der Waals surface area (Å²) in [5.74, 6) is 5.44. The van der Waals surface area contributed by atoms with Gasteiger partial charge < -0.3 is 5.11 Å². The van der Waals surface area contributed by atoms with Gasteiger partial charge >= 0.3 is 0 Å². The first-order valence-corrected chi connectivity index (χ1v) is 5.92. The third-order valence-electron chi connectivity index (χ3n) is 2.57. The van der Waals surface area contributed by atoms with Crippen LogP contribution < -0.4 is 5.56 Å². The Hall–Kier alpha value is -2.38. The second kappa shape index (κ2) is 5.98. The van der Waals surface area contributed by atoms with E-state index in [1.54, 1.807) is 6.07 Å². The number of hydrogen-bond acceptors (Lipinski definition) is 3. The molecule has 0 fully saturated rings. The van der Waals surface area contributed by atoms with E-state index >= 15 is 0 Å². The minimum Gasteiger partial charge on any atom is -0.384 e. The van der Waals surface area contributed by atoms with Crippen molar-refractivity contribution in [1.82, 2.24) is 9.78 Å². The monoisotopic (exact) mass is 254 g/mol. The van der Waals surface area contributed by atoms with Crippen LogP contribution in [0.5, 0.6) is 0 Å². The molecule has 19 heavy (non-hydrogen) atoms. The maximum atomic E-state index is 11.7. The molecule has 0 aliphatic rings. The van der Waals surface area contributed by atoms with Crippen molar-refractivity contribution in [2.24, 2.45) is 0 Å². The Balaban J connectivity index is 2.28. The minimum atomic E-state index is -0.164. The third kappa shape index (κ3) is 3.54. The topological polar surface area (TPSA) is 55.1 Å². The van der Waals surface area contributed by atoms with Gasteiger partial charge in [0.05, 0.1) is 12.2 Å². The maximum Gasteiger partial charge on any atom is 0.267 e. The summed E-state index contributed by atoms with van der Waals surface area (Å²) in [6.07, 6.45) is 0. The molecule has 2 rings (SSSR count). The fourth-order valence-corrected chi connectivity index (χ4v) is 1.73. The SMILES string of the molecule is Cc1ccc(=O)n(Cc2cccc(C#CCO)c2)n1. The third-order valence-corrected chi connectivity index (χ3v) is 2.57. The number of aliphatic hydroxyl groups is 1. The number of aliphatic hydroxyl groups excluding tert-OH is 1. The molecule has 0 bridgehead atoms. The van der Waals surface area contributed by atoms with Gasteiger partial charge in [-0.15, -0.1) is 0 Å². The van der Waals surface area contributed by atoms with E-state index in [0.29, 0.717) is 6.54 Å². The van der Waals surface area contributed by atoms with E-state index in [9.17, 15) is 4.79 Å². The highest BCUT2D eigenvalue weighted by atomic mass is 16.2. The Morgan fingerprint density at radius 3 is 2.95 bits per heavy atom. The van der Waals surface area contributed by atoms with Crippen molar-refractivity contribution >= 4 is 0 Å². The van der Waals surface area contributed by atoms with Gasteiger partial charge in [0.1, 0.15) is 6.61 Å². The molecule has 0 unspecified atom stereocenters. The van der Waals surface area contributed by atoms with Gasteiger partial charge in [0.25, 0.3) is 5.56 Å². The highest BCUT2D eigenvalue weighted by Gasteiger charge is 2.00. The van der Waals surface area contributed by atoms with E-state index in [-0.39, 0.29) is 12.2 Å². The predicted molar refractivity (Wildman–Crippen MR) is 72.7 cm³/mol. The van der Waals surface area contributed by atoms with E-state index in [2.05, 4.69) is 16.9 Å². The lowest BCUT2D eigenvalue weighted by Gasteiger charge is -2.05. The van der Waals surface area contributed by atoms with Crippen LogP contribution in [0.3, 0.4) is 0 Å². The molecule has 1 aromatic heterocycles. The summed E-state index contributed by atoms with van der Waals surface area (Å²) in [6.45, 7) is 2.09. The van der Waals surface area contributed by atoms with E-state index < -0.39 is 0 Å². The molecule has 1 N–H and O–H groups in total. The molecule has 1 aromatic carbocycles. The zero-order valence-electron chi connectivity index (χ0n) is 10.6. The van der Waals surface area contributed by atoms with Gasteiger partial charge in [0.2, 0.25) is 0 Å². The van der Waals surface area contributed by atoms with Gasteiger partial charge in [-0.05, 0) is 30.7 Å². The van der Waals surface area contributed by atoms with Crippen LogP contribution in [0.4, 0.5) is 0 Å². The maximum absolute atomic E-state index is 11.7. The Labute approximate surface area is 111 Å². The number of hydrogen-bond donors (Lipinski definition) is 1. The molecule has 1 heterocycles. The summed E-state index contributed by atoms with van der Waals surface area (Å²) >= 11 is 0. The summed E-state index contributed by atoms with van der Waals surface area (Å²) in [4.78, 5) is 11.7. The first-order chi connectivity index (χ1) is 9.19. The van der Waals surface area contributed by atoms with Crippen LogP contribution in [0.15, 0.2) is 41.2 Å². The van der Waals surface area contributed by atoms with E-state index in [1.807, 2.05) is 31.2 Å². The second-order valence-corrected chi connectivity index (χ2v) is 4.13. The fraction of sp³-hybridized carbons (Fsp3) is 0.200. The molecule has 96 valence electrons. The Morgan fingerprint density at radius 2 is 2.16 bits per heavy atom. The average molecular weight is 254 g/mol. The van der Waals surface area contributed by atoms with Gasteiger partial charge in [-0.25, -0.2) is 4.68 Å². The molecule has 0 radical (unpaired) electrons.